The largest absolute Gasteiger partial charge is 0.459 e. The van der Waals surface area contributed by atoms with Crippen molar-refractivity contribution < 1.29 is 24.2 Å². The van der Waals surface area contributed by atoms with Crippen LogP contribution in [-0.2, 0) is 25.5 Å². The smallest absolute Gasteiger partial charge is 0.286 e. The highest BCUT2D eigenvalue weighted by molar-refractivity contribution is 5.94. The Hall–Kier alpha value is -4.14. The van der Waals surface area contributed by atoms with Gasteiger partial charge in [0.05, 0.1) is 18.0 Å². The highest BCUT2D eigenvalue weighted by Crippen LogP contribution is 2.42. The van der Waals surface area contributed by atoms with Crippen molar-refractivity contribution in [3.63, 3.8) is 0 Å². The maximum atomic E-state index is 13.2. The number of anilines is 2. The summed E-state index contributed by atoms with van der Waals surface area (Å²) in [6.45, 7) is 0.981. The third-order valence-corrected chi connectivity index (χ3v) is 7.77. The highest BCUT2D eigenvalue weighted by atomic mass is 16.7. The number of ether oxygens (including phenoxy) is 2. The second kappa shape index (κ2) is 14.2. The standard InChI is InChI=1S/C34H39N3O5/c35-29-14-3-4-15-30(29)37-32(39)16-5-6-17-36-34(40)31-21-24(22-33(42-31)41-19-8-7-18-38)26-12-9-13-27-25-11-2-1-10-23(25)20-28(26)27/h1-4,9-15,21,24,33,38H,5-8,16-20,22,35H2,(H,36,40)(H,37,39). The van der Waals surface area contributed by atoms with Crippen LogP contribution in [0.1, 0.15) is 61.1 Å². The van der Waals surface area contributed by atoms with Gasteiger partial charge in [-0.3, -0.25) is 9.59 Å². The number of nitrogens with one attached hydrogen (secondary N) is 2. The highest BCUT2D eigenvalue weighted by Gasteiger charge is 2.31. The van der Waals surface area contributed by atoms with E-state index < -0.39 is 6.29 Å². The molecule has 0 spiro atoms. The second-order valence-corrected chi connectivity index (χ2v) is 10.8. The number of rotatable bonds is 13. The van der Waals surface area contributed by atoms with E-state index in [-0.39, 0.29) is 30.1 Å². The van der Waals surface area contributed by atoms with E-state index in [2.05, 4.69) is 53.1 Å². The molecule has 8 heteroatoms. The Bertz CT molecular complexity index is 1440. The Labute approximate surface area is 246 Å². The lowest BCUT2D eigenvalue weighted by Crippen LogP contribution is -2.33. The first kappa shape index (κ1) is 29.4. The summed E-state index contributed by atoms with van der Waals surface area (Å²) in [7, 11) is 0. The van der Waals surface area contributed by atoms with Crippen LogP contribution in [0.4, 0.5) is 11.4 Å². The van der Waals surface area contributed by atoms with Crippen LogP contribution in [0.5, 0.6) is 0 Å². The summed E-state index contributed by atoms with van der Waals surface area (Å²) < 4.78 is 12.0. The maximum Gasteiger partial charge on any atom is 0.286 e. The molecular weight excluding hydrogens is 530 g/mol. The molecule has 0 saturated heterocycles. The van der Waals surface area contributed by atoms with Crippen molar-refractivity contribution in [3.05, 3.63) is 95.3 Å². The van der Waals surface area contributed by atoms with E-state index in [9.17, 15) is 9.59 Å². The lowest BCUT2D eigenvalue weighted by Gasteiger charge is -2.30. The number of nitrogen functional groups attached to an aromatic ring is 1. The van der Waals surface area contributed by atoms with Gasteiger partial charge in [0, 0.05) is 31.9 Å². The molecule has 1 heterocycles. The topological polar surface area (TPSA) is 123 Å². The fourth-order valence-electron chi connectivity index (χ4n) is 5.62. The van der Waals surface area contributed by atoms with Gasteiger partial charge in [0.1, 0.15) is 0 Å². The number of aliphatic hydroxyl groups is 1. The third kappa shape index (κ3) is 7.19. The predicted molar refractivity (Wildman–Crippen MR) is 164 cm³/mol. The first-order chi connectivity index (χ1) is 20.5. The first-order valence-corrected chi connectivity index (χ1v) is 14.8. The van der Waals surface area contributed by atoms with Crippen LogP contribution in [0, 0.1) is 0 Å². The van der Waals surface area contributed by atoms with Gasteiger partial charge in [0.2, 0.25) is 12.2 Å². The van der Waals surface area contributed by atoms with E-state index in [1.54, 1.807) is 12.1 Å². The predicted octanol–water partition coefficient (Wildman–Crippen LogP) is 5.27. The van der Waals surface area contributed by atoms with Crippen molar-refractivity contribution in [3.8, 4) is 11.1 Å². The van der Waals surface area contributed by atoms with Crippen molar-refractivity contribution in [2.24, 2.45) is 0 Å². The zero-order valence-electron chi connectivity index (χ0n) is 23.8. The molecule has 0 saturated carbocycles. The maximum absolute atomic E-state index is 13.2. The van der Waals surface area contributed by atoms with Crippen LogP contribution in [0.3, 0.4) is 0 Å². The molecule has 8 nitrogen and oxygen atoms in total. The Balaban J connectivity index is 1.20. The molecule has 1 aliphatic heterocycles. The van der Waals surface area contributed by atoms with Gasteiger partial charge in [-0.05, 0) is 78.1 Å². The van der Waals surface area contributed by atoms with Crippen LogP contribution >= 0.6 is 0 Å². The monoisotopic (exact) mass is 569 g/mol. The molecule has 220 valence electrons. The first-order valence-electron chi connectivity index (χ1n) is 14.8. The molecule has 2 aliphatic rings. The van der Waals surface area contributed by atoms with E-state index in [4.69, 9.17) is 20.3 Å². The Kier molecular flexibility index (Phi) is 9.90. The van der Waals surface area contributed by atoms with Gasteiger partial charge >= 0.3 is 0 Å². The number of benzene rings is 3. The van der Waals surface area contributed by atoms with E-state index in [1.807, 2.05) is 18.2 Å². The van der Waals surface area contributed by atoms with Crippen molar-refractivity contribution in [1.29, 1.82) is 0 Å². The molecule has 42 heavy (non-hydrogen) atoms. The average Bonchev–Trinajstić information content (AvgIpc) is 3.39. The Morgan fingerprint density at radius 1 is 0.952 bits per heavy atom. The minimum Gasteiger partial charge on any atom is -0.459 e. The quantitative estimate of drug-likeness (QED) is 0.129. The zero-order valence-corrected chi connectivity index (χ0v) is 23.8. The van der Waals surface area contributed by atoms with Gasteiger partial charge in [-0.25, -0.2) is 0 Å². The number of hydrogen-bond donors (Lipinski definition) is 4. The van der Waals surface area contributed by atoms with Crippen LogP contribution in [-0.4, -0.2) is 43.0 Å². The van der Waals surface area contributed by atoms with E-state index >= 15 is 0 Å². The fraction of sp³-hybridized carbons (Fsp3) is 0.353. The van der Waals surface area contributed by atoms with Crippen LogP contribution in [0.25, 0.3) is 11.1 Å². The van der Waals surface area contributed by atoms with Crippen molar-refractivity contribution in [2.45, 2.75) is 57.2 Å². The second-order valence-electron chi connectivity index (χ2n) is 10.8. The summed E-state index contributed by atoms with van der Waals surface area (Å²) in [6.07, 6.45) is 5.78. The van der Waals surface area contributed by atoms with Crippen LogP contribution in [0.15, 0.2) is 78.6 Å². The van der Waals surface area contributed by atoms with E-state index in [0.29, 0.717) is 63.1 Å². The molecular formula is C34H39N3O5. The molecule has 2 amide bonds. The minimum absolute atomic E-state index is 0.0410. The number of aliphatic hydroxyl groups excluding tert-OH is 1. The minimum atomic E-state index is -0.562. The molecule has 5 rings (SSSR count). The normalized spacial score (nSPS) is 17.0. The number of fused-ring (bicyclic) bond motifs is 3. The third-order valence-electron chi connectivity index (χ3n) is 7.77. The van der Waals surface area contributed by atoms with Crippen LogP contribution < -0.4 is 16.4 Å². The van der Waals surface area contributed by atoms with Gasteiger partial charge in [-0.15, -0.1) is 0 Å². The summed E-state index contributed by atoms with van der Waals surface area (Å²) in [4.78, 5) is 25.5. The average molecular weight is 570 g/mol. The van der Waals surface area contributed by atoms with E-state index in [0.717, 1.165) is 6.42 Å². The van der Waals surface area contributed by atoms with Crippen LogP contribution in [0.2, 0.25) is 0 Å². The number of carbonyl (C=O) groups is 2. The number of para-hydroxylation sites is 2. The Morgan fingerprint density at radius 3 is 2.62 bits per heavy atom. The SMILES string of the molecule is Nc1ccccc1NC(=O)CCCCNC(=O)C1=CC(c2cccc3c2Cc2ccccc2-3)CC(OCCCCO)O1. The number of amides is 2. The van der Waals surface area contributed by atoms with E-state index in [1.165, 1.54) is 27.8 Å². The lowest BCUT2D eigenvalue weighted by molar-refractivity contribution is -0.146. The van der Waals surface area contributed by atoms with Gasteiger partial charge in [0.25, 0.3) is 5.91 Å². The molecule has 0 bridgehead atoms. The molecule has 2 unspecified atom stereocenters. The van der Waals surface area contributed by atoms with Crippen molar-refractivity contribution in [2.75, 3.05) is 30.8 Å². The summed E-state index contributed by atoms with van der Waals surface area (Å²) in [6, 6.07) is 22.0. The number of allylic oxidation sites excluding steroid dienone is 1. The van der Waals surface area contributed by atoms with Gasteiger partial charge < -0.3 is 30.9 Å². The summed E-state index contributed by atoms with van der Waals surface area (Å²) in [5.74, 6) is -0.190. The van der Waals surface area contributed by atoms with Gasteiger partial charge in [-0.2, -0.15) is 0 Å². The van der Waals surface area contributed by atoms with Gasteiger partial charge in [-0.1, -0.05) is 54.6 Å². The van der Waals surface area contributed by atoms with Gasteiger partial charge in [0.15, 0.2) is 5.76 Å². The molecule has 3 aromatic carbocycles. The lowest BCUT2D eigenvalue weighted by atomic mass is 9.87. The summed E-state index contributed by atoms with van der Waals surface area (Å²) >= 11 is 0. The molecule has 5 N–H and O–H groups in total. The molecule has 1 aliphatic carbocycles. The Morgan fingerprint density at radius 2 is 1.76 bits per heavy atom. The number of hydrogen-bond acceptors (Lipinski definition) is 6. The molecule has 0 radical (unpaired) electrons. The molecule has 0 aromatic heterocycles. The van der Waals surface area contributed by atoms with Crippen molar-refractivity contribution >= 4 is 23.2 Å². The summed E-state index contributed by atoms with van der Waals surface area (Å²) in [5.41, 5.74) is 13.3. The number of nitrogens with two attached hydrogens (primary N) is 1. The zero-order chi connectivity index (χ0) is 29.3. The fourth-order valence-corrected chi connectivity index (χ4v) is 5.62. The summed E-state index contributed by atoms with van der Waals surface area (Å²) in [5, 5.41) is 14.9. The molecule has 2 atom stereocenters. The number of carbonyl (C=O) groups excluding carboxylic acids is 2. The molecule has 3 aromatic rings. The number of unbranched alkanes of at least 4 members (excludes halogenated alkanes) is 2. The molecule has 0 fully saturated rings. The van der Waals surface area contributed by atoms with Crippen molar-refractivity contribution in [1.82, 2.24) is 5.32 Å².